The Morgan fingerprint density at radius 2 is 2.22 bits per heavy atom. The summed E-state index contributed by atoms with van der Waals surface area (Å²) in [6, 6.07) is 0. The lowest BCUT2D eigenvalue weighted by Gasteiger charge is -1.81. The molecule has 0 saturated heterocycles. The first-order valence-corrected chi connectivity index (χ1v) is 3.16. The molecule has 0 radical (unpaired) electrons. The average molecular weight is 239 g/mol. The Morgan fingerprint density at radius 1 is 1.56 bits per heavy atom. The van der Waals surface area contributed by atoms with Crippen molar-refractivity contribution in [1.29, 1.82) is 0 Å². The zero-order valence-electron chi connectivity index (χ0n) is 4.18. The van der Waals surface area contributed by atoms with E-state index in [0.717, 1.165) is 0 Å². The van der Waals surface area contributed by atoms with Crippen LogP contribution in [0.15, 0.2) is 20.2 Å². The fourth-order valence-electron chi connectivity index (χ4n) is 0.344. The quantitative estimate of drug-likeness (QED) is 0.644. The number of rotatable bonds is 0. The third kappa shape index (κ3) is 1.41. The number of nitrogens with one attached hydrogen (secondary N) is 1. The van der Waals surface area contributed by atoms with Gasteiger partial charge in [-0.05, 0) is 22.6 Å². The molecule has 4 nitrogen and oxygen atoms in total. The van der Waals surface area contributed by atoms with E-state index in [1.165, 1.54) is 6.20 Å². The van der Waals surface area contributed by atoms with Crippen molar-refractivity contribution in [2.45, 2.75) is 0 Å². The van der Waals surface area contributed by atoms with Crippen LogP contribution in [0.4, 0.5) is 0 Å². The van der Waals surface area contributed by atoms with Crippen LogP contribution in [0.1, 0.15) is 0 Å². The summed E-state index contributed by atoms with van der Waals surface area (Å²) in [4.78, 5) is 22.9. The van der Waals surface area contributed by atoms with Crippen LogP contribution >= 0.6 is 22.6 Å². The van der Waals surface area contributed by atoms with Crippen molar-refractivity contribution in [1.82, 2.24) is 4.98 Å². The van der Waals surface area contributed by atoms with E-state index in [1.807, 2.05) is 0 Å². The highest BCUT2D eigenvalue weighted by molar-refractivity contribution is 14.1. The van der Waals surface area contributed by atoms with Gasteiger partial charge in [-0.15, -0.1) is 0 Å². The van der Waals surface area contributed by atoms with E-state index in [4.69, 9.17) is 0 Å². The van der Waals surface area contributed by atoms with Gasteiger partial charge in [-0.25, -0.2) is 9.59 Å². The van der Waals surface area contributed by atoms with Crippen molar-refractivity contribution >= 4 is 22.6 Å². The maximum atomic E-state index is 10.4. The number of halogens is 1. The lowest BCUT2D eigenvalue weighted by molar-refractivity contribution is 0.444. The van der Waals surface area contributed by atoms with E-state index < -0.39 is 11.4 Å². The summed E-state index contributed by atoms with van der Waals surface area (Å²) < 4.78 is 4.50. The van der Waals surface area contributed by atoms with Crippen molar-refractivity contribution in [2.24, 2.45) is 0 Å². The van der Waals surface area contributed by atoms with Gasteiger partial charge in [0.15, 0.2) is 0 Å². The summed E-state index contributed by atoms with van der Waals surface area (Å²) in [5.74, 6) is -0.722. The Morgan fingerprint density at radius 3 is 2.67 bits per heavy atom. The topological polar surface area (TPSA) is 63.1 Å². The maximum absolute atomic E-state index is 10.4. The van der Waals surface area contributed by atoms with Crippen LogP contribution in [-0.4, -0.2) is 4.98 Å². The maximum Gasteiger partial charge on any atom is 0.419 e. The van der Waals surface area contributed by atoms with E-state index in [-0.39, 0.29) is 0 Å². The third-order valence-corrected chi connectivity index (χ3v) is 1.45. The Labute approximate surface area is 63.0 Å². The molecule has 0 fully saturated rings. The molecule has 1 aromatic heterocycles. The van der Waals surface area contributed by atoms with Gasteiger partial charge in [0.1, 0.15) is 3.57 Å². The molecule has 0 unspecified atom stereocenters. The van der Waals surface area contributed by atoms with Crippen molar-refractivity contribution in [3.63, 3.8) is 0 Å². The van der Waals surface area contributed by atoms with Crippen LogP contribution in [0, 0.1) is 3.57 Å². The molecule has 0 saturated carbocycles. The van der Waals surface area contributed by atoms with Crippen LogP contribution in [0.25, 0.3) is 0 Å². The molecular formula is C4H2INO3. The molecule has 0 aliphatic heterocycles. The van der Waals surface area contributed by atoms with Crippen molar-refractivity contribution < 1.29 is 4.42 Å². The summed E-state index contributed by atoms with van der Waals surface area (Å²) in [7, 11) is 0. The molecular weight excluding hydrogens is 237 g/mol. The Balaban J connectivity index is 3.52. The summed E-state index contributed by atoms with van der Waals surface area (Å²) in [5.41, 5.74) is -0.598. The van der Waals surface area contributed by atoms with E-state index in [9.17, 15) is 9.59 Å². The van der Waals surface area contributed by atoms with Gasteiger partial charge < -0.3 is 4.42 Å². The molecule has 1 heterocycles. The smallest absolute Gasteiger partial charge is 0.372 e. The van der Waals surface area contributed by atoms with Gasteiger partial charge in [-0.1, -0.05) is 0 Å². The summed E-state index contributed by atoms with van der Waals surface area (Å²) in [6.07, 6.45) is 1.30. The van der Waals surface area contributed by atoms with Crippen LogP contribution in [0.5, 0.6) is 0 Å². The fraction of sp³-hybridized carbons (Fsp3) is 0. The fourth-order valence-corrected chi connectivity index (χ4v) is 0.609. The first-order chi connectivity index (χ1) is 4.20. The van der Waals surface area contributed by atoms with E-state index in [1.54, 1.807) is 22.6 Å². The molecule has 1 N–H and O–H groups in total. The molecule has 1 rings (SSSR count). The van der Waals surface area contributed by atoms with E-state index in [0.29, 0.717) is 3.57 Å². The van der Waals surface area contributed by atoms with E-state index >= 15 is 0 Å². The molecule has 9 heavy (non-hydrogen) atoms. The zero-order valence-corrected chi connectivity index (χ0v) is 6.34. The minimum absolute atomic E-state index is 0.368. The molecule has 0 amide bonds. The first kappa shape index (κ1) is 6.53. The van der Waals surface area contributed by atoms with Crippen molar-refractivity contribution in [3.05, 3.63) is 30.7 Å². The normalized spacial score (nSPS) is 9.44. The second kappa shape index (κ2) is 2.34. The zero-order chi connectivity index (χ0) is 6.85. The predicted octanol–water partition coefficient (Wildman–Crippen LogP) is -0.0673. The average Bonchev–Trinajstić information content (AvgIpc) is 1.80. The van der Waals surface area contributed by atoms with Gasteiger partial charge in [-0.2, -0.15) is 0 Å². The third-order valence-electron chi connectivity index (χ3n) is 0.697. The van der Waals surface area contributed by atoms with Gasteiger partial charge in [0.25, 0.3) is 0 Å². The molecule has 0 spiro atoms. The Kier molecular flexibility index (Phi) is 1.70. The molecule has 0 aliphatic rings. The van der Waals surface area contributed by atoms with Gasteiger partial charge in [0.2, 0.25) is 0 Å². The van der Waals surface area contributed by atoms with E-state index in [2.05, 4.69) is 9.40 Å². The highest BCUT2D eigenvalue weighted by atomic mass is 127. The number of hydrogen-bond donors (Lipinski definition) is 1. The number of aromatic nitrogens is 1. The SMILES string of the molecule is O=c1[nH]cc(I)c(=O)o1. The molecule has 0 aliphatic carbocycles. The van der Waals surface area contributed by atoms with Crippen molar-refractivity contribution in [3.8, 4) is 0 Å². The monoisotopic (exact) mass is 239 g/mol. The lowest BCUT2D eigenvalue weighted by Crippen LogP contribution is -2.15. The lowest BCUT2D eigenvalue weighted by atomic mass is 10.7. The van der Waals surface area contributed by atoms with Gasteiger partial charge in [-0.3, -0.25) is 4.98 Å². The van der Waals surface area contributed by atoms with Crippen LogP contribution in [-0.2, 0) is 0 Å². The molecule has 1 aromatic rings. The van der Waals surface area contributed by atoms with Crippen LogP contribution < -0.4 is 11.4 Å². The van der Waals surface area contributed by atoms with Gasteiger partial charge in [0, 0.05) is 6.20 Å². The largest absolute Gasteiger partial charge is 0.419 e. The Bertz CT molecular complexity index is 312. The molecule has 0 atom stereocenters. The molecule has 5 heteroatoms. The number of aromatic amines is 1. The minimum atomic E-state index is -0.722. The van der Waals surface area contributed by atoms with Crippen LogP contribution in [0.2, 0.25) is 0 Å². The number of hydrogen-bond acceptors (Lipinski definition) is 3. The summed E-state index contributed by atoms with van der Waals surface area (Å²) in [6.45, 7) is 0. The summed E-state index contributed by atoms with van der Waals surface area (Å²) in [5, 5.41) is 0. The molecule has 0 aromatic carbocycles. The highest BCUT2D eigenvalue weighted by Gasteiger charge is 1.93. The number of H-pyrrole nitrogens is 1. The van der Waals surface area contributed by atoms with Crippen molar-refractivity contribution in [2.75, 3.05) is 0 Å². The second-order valence-corrected chi connectivity index (χ2v) is 2.48. The van der Waals surface area contributed by atoms with Gasteiger partial charge >= 0.3 is 11.4 Å². The summed E-state index contributed by atoms with van der Waals surface area (Å²) >= 11 is 1.76. The standard InChI is InChI=1S/C4H2INO3/c5-2-1-6-4(8)9-3(2)7/h1H,(H,6,8). The first-order valence-electron chi connectivity index (χ1n) is 2.08. The Hall–Kier alpha value is -0.590. The second-order valence-electron chi connectivity index (χ2n) is 1.31. The molecule has 0 bridgehead atoms. The van der Waals surface area contributed by atoms with Gasteiger partial charge in [0.05, 0.1) is 0 Å². The predicted molar refractivity (Wildman–Crippen MR) is 38.3 cm³/mol. The van der Waals surface area contributed by atoms with Crippen LogP contribution in [0.3, 0.4) is 0 Å². The molecule has 48 valence electrons. The minimum Gasteiger partial charge on any atom is -0.372 e. The highest BCUT2D eigenvalue weighted by Crippen LogP contribution is 1.88.